The summed E-state index contributed by atoms with van der Waals surface area (Å²) >= 11 is 28.8. The number of rotatable bonds is 48. The first-order valence-electron chi connectivity index (χ1n) is 42.5. The van der Waals surface area contributed by atoms with Crippen molar-refractivity contribution in [1.82, 2.24) is 77.2 Å². The molecular formula is C73H104N19O37P5S5. The summed E-state index contributed by atoms with van der Waals surface area (Å²) in [6, 6.07) is 0. The quantitative estimate of drug-likeness (QED) is 0.0156. The number of aliphatic hydroxyl groups excluding tert-OH is 1. The molecule has 768 valence electrons. The van der Waals surface area contributed by atoms with Crippen molar-refractivity contribution in [1.29, 1.82) is 0 Å². The molecule has 0 aromatic carbocycles. The number of aromatic amines is 3. The van der Waals surface area contributed by atoms with Crippen LogP contribution in [0.2, 0.25) is 0 Å². The maximum absolute atomic E-state index is 14.1. The van der Waals surface area contributed by atoms with Crippen LogP contribution in [0.15, 0.2) is 83.7 Å². The first kappa shape index (κ1) is 108. The van der Waals surface area contributed by atoms with Gasteiger partial charge in [-0.05, 0) is 93.2 Å². The zero-order valence-electron chi connectivity index (χ0n) is 75.3. The van der Waals surface area contributed by atoms with Gasteiger partial charge < -0.3 is 145 Å². The number of imidazole rings is 2. The Balaban J connectivity index is 0.741. The summed E-state index contributed by atoms with van der Waals surface area (Å²) < 4.78 is 154. The van der Waals surface area contributed by atoms with Gasteiger partial charge in [-0.2, -0.15) is 4.98 Å². The Bertz CT molecular complexity index is 6390. The molecule has 139 heavy (non-hydrogen) atoms. The minimum Gasteiger partial charge on any atom is -0.387 e. The predicted octanol–water partition coefficient (Wildman–Crippen LogP) is -1.29. The highest BCUT2D eigenvalue weighted by atomic mass is 32.5. The lowest BCUT2D eigenvalue weighted by Gasteiger charge is -2.31. The molecule has 0 amide bonds. The van der Waals surface area contributed by atoms with Gasteiger partial charge in [0.15, 0.2) is 47.8 Å². The van der Waals surface area contributed by atoms with Gasteiger partial charge in [0.2, 0.25) is 0 Å². The Morgan fingerprint density at radius 2 is 0.712 bits per heavy atom. The van der Waals surface area contributed by atoms with Crippen molar-refractivity contribution in [3.05, 3.63) is 145 Å². The van der Waals surface area contributed by atoms with Gasteiger partial charge in [0.05, 0.1) is 117 Å². The van der Waals surface area contributed by atoms with E-state index >= 15 is 0 Å². The number of nitrogens with zero attached hydrogens (tertiary/aromatic N) is 13. The highest BCUT2D eigenvalue weighted by molar-refractivity contribution is 8.08. The van der Waals surface area contributed by atoms with Crippen molar-refractivity contribution < 1.29 is 141 Å². The van der Waals surface area contributed by atoms with Crippen LogP contribution in [-0.4, -0.2) is 319 Å². The number of ether oxygens (including phenoxy) is 14. The molecule has 0 radical (unpaired) electrons. The second kappa shape index (κ2) is 46.5. The highest BCUT2D eigenvalue weighted by Crippen LogP contribution is 2.58. The highest BCUT2D eigenvalue weighted by Gasteiger charge is 2.57. The monoisotopic (exact) mass is 2150 g/mol. The Morgan fingerprint density at radius 3 is 1.11 bits per heavy atom. The summed E-state index contributed by atoms with van der Waals surface area (Å²) in [5.41, 5.74) is 13.8. The molecule has 66 heteroatoms. The third-order valence-corrected chi connectivity index (χ3v) is 30.6. The van der Waals surface area contributed by atoms with Gasteiger partial charge in [0, 0.05) is 88.3 Å². The van der Waals surface area contributed by atoms with E-state index in [1.807, 2.05) is 0 Å². The van der Waals surface area contributed by atoms with Crippen LogP contribution < -0.4 is 56.6 Å². The summed E-state index contributed by atoms with van der Waals surface area (Å²) in [5.74, 6) is -0.168. The number of fused-ring (bicyclic) bond motifs is 2. The number of aromatic nitrogens is 16. The van der Waals surface area contributed by atoms with Crippen LogP contribution >= 0.6 is 33.6 Å². The standard InChI is InChI=1S/C73H104N19O37P5S5/c1-10-38-39(19-46(119-38)87-22-35(3)63(94)84-71(87)98)125-130(101,135)114-25-41-40(20-47(120-41)88-23-36(4)64(95)85-72(88)99)126-131(102,136)116-27-44-52(56(112-17-13-108-8)68(123-44)91-32-81-48-59(75)77-30-79-61(48)91)129-134(105,139)117-28-43-51(55(111-16-12-107-7)67(122-43)90-24-37(5)65(96)86-73(90)100)127-133(104,138)118-29-45-53(57(113-18-14-109-9)69(124-45)92-33-82-49-60(76)78-31-80-62(49)92)128-132(103,137)115-26-42-50(93)54(110-15-11-106-6)66(121-42)89-21-34(2)58(74)83-70(89)97/h21-24,30-33,38-47,50-57,66-69,93H,10-20,25-29H2,1-9H3,(H,101,135)(H,102,136)(H,103,137)(H,104,138)(H,105,139)(H2,74,83,97)(H2,75,77,79)(H2,76,78,80)(H,84,94,98)(H,85,95,99)(H,86,96,100)/t38-,39-,40-,41-,42-,43-,44-,45-,46-,47-,50+,51+,52+,53+,54?,55?,56?,57?,66-,67-,68-,69-,130?,131?,132?,133?,134?/m1/s1. The summed E-state index contributed by atoms with van der Waals surface area (Å²) in [5, 5.41) is 11.8. The van der Waals surface area contributed by atoms with E-state index in [0.717, 1.165) is 32.6 Å². The fraction of sp³-hybridized carbons (Fsp3) is 0.644. The number of nitrogen functional groups attached to an aromatic ring is 3. The van der Waals surface area contributed by atoms with Gasteiger partial charge in [-0.25, -0.2) is 49.1 Å². The molecule has 9 unspecified atom stereocenters. The molecule has 8 aromatic heterocycles. The molecule has 0 bridgehead atoms. The number of aryl methyl sites for hydroxylation is 4. The fourth-order valence-electron chi connectivity index (χ4n) is 16.0. The van der Waals surface area contributed by atoms with Crippen LogP contribution in [0.3, 0.4) is 0 Å². The van der Waals surface area contributed by atoms with Crippen LogP contribution in [-0.2, 0) is 171 Å². The van der Waals surface area contributed by atoms with Crippen LogP contribution in [0.4, 0.5) is 17.5 Å². The number of aliphatic hydroxyl groups is 1. The van der Waals surface area contributed by atoms with E-state index in [9.17, 15) is 63.1 Å². The third-order valence-electron chi connectivity index (χ3n) is 22.7. The average molecular weight is 2150 g/mol. The van der Waals surface area contributed by atoms with Crippen molar-refractivity contribution in [3.63, 3.8) is 0 Å². The summed E-state index contributed by atoms with van der Waals surface area (Å²) in [7, 11) is 5.55. The zero-order chi connectivity index (χ0) is 100. The van der Waals surface area contributed by atoms with E-state index in [0.29, 0.717) is 12.0 Å². The van der Waals surface area contributed by atoms with Crippen molar-refractivity contribution in [2.24, 2.45) is 0 Å². The first-order valence-corrected chi connectivity index (χ1v) is 55.5. The predicted molar refractivity (Wildman–Crippen MR) is 497 cm³/mol. The van der Waals surface area contributed by atoms with Gasteiger partial charge in [-0.1, -0.05) is 6.92 Å². The molecule has 0 saturated carbocycles. The van der Waals surface area contributed by atoms with E-state index < -0.39 is 241 Å². The molecule has 6 aliphatic heterocycles. The van der Waals surface area contributed by atoms with Gasteiger partial charge in [0.1, 0.15) is 121 Å². The maximum atomic E-state index is 14.1. The molecular weight excluding hydrogens is 2050 g/mol. The number of nitrogens with two attached hydrogens (primary N) is 3. The molecule has 0 aliphatic carbocycles. The lowest BCUT2D eigenvalue weighted by Crippen LogP contribution is -2.41. The van der Waals surface area contributed by atoms with Crippen LogP contribution in [0.1, 0.15) is 85.8 Å². The van der Waals surface area contributed by atoms with E-state index in [1.165, 1.54) is 94.2 Å². The first-order chi connectivity index (χ1) is 66.0. The van der Waals surface area contributed by atoms with Crippen LogP contribution in [0.5, 0.6) is 0 Å². The summed E-state index contributed by atoms with van der Waals surface area (Å²) in [4.78, 5) is 190. The smallest absolute Gasteiger partial charge is 0.351 e. The molecule has 14 rings (SSSR count). The summed E-state index contributed by atoms with van der Waals surface area (Å²) in [6.45, 7) is -21.4. The number of hydrogen-bond acceptors (Lipinski definition) is 47. The lowest BCUT2D eigenvalue weighted by molar-refractivity contribution is -0.0830. The Hall–Kier alpha value is -6.53. The largest absolute Gasteiger partial charge is 0.387 e. The van der Waals surface area contributed by atoms with Crippen molar-refractivity contribution in [3.8, 4) is 0 Å². The molecule has 14 heterocycles. The van der Waals surface area contributed by atoms with Gasteiger partial charge >= 0.3 is 56.4 Å². The molecule has 6 fully saturated rings. The Kier molecular flexibility index (Phi) is 36.2. The number of nitrogens with one attached hydrogen (secondary N) is 3. The maximum Gasteiger partial charge on any atom is 0.351 e. The van der Waals surface area contributed by atoms with Crippen LogP contribution in [0, 0.1) is 27.7 Å². The normalized spacial score (nSPS) is 29.4. The Morgan fingerprint density at radius 1 is 0.388 bits per heavy atom. The molecule has 8 aromatic rings. The number of anilines is 3. The molecule has 27 atom stereocenters. The fourth-order valence-corrected chi connectivity index (χ4v) is 23.2. The minimum atomic E-state index is -4.99. The molecule has 6 aliphatic rings. The topological polar surface area (TPSA) is 708 Å². The van der Waals surface area contributed by atoms with Gasteiger partial charge in [-0.3, -0.25) is 70.3 Å². The number of methoxy groups -OCH3 is 4. The van der Waals surface area contributed by atoms with E-state index in [-0.39, 0.29) is 122 Å². The minimum absolute atomic E-state index is 0.0179. The van der Waals surface area contributed by atoms with Crippen molar-refractivity contribution in [2.75, 3.05) is 132 Å². The second-order valence-corrected chi connectivity index (χ2v) is 46.1. The SMILES string of the molecule is CC[C@H]1O[C@@H](n2cc(C)c(=O)[nH]c2=O)C[C@H]1OP(O)(=S)OC[C@H]1O[C@@H](n2cc(C)c(=O)[nH]c2=O)C[C@H]1OP(O)(=S)OC[C@H]1O[C@@H](n2cnc3c(N)ncnc32)C(OCCOC)[C@H]1OP(O)(=S)OC[C@H]1O[C@@H](n2cc(C)c(=O)[nH]c2=O)C(OCCOC)[C@H]1OP(O)(=S)OC[C@H]1O[C@@H](n2cnc3c(N)ncnc32)C(OCCOC)[C@H]1OP(O)(=S)OC[C@H]1O[C@@H](n2cc(C)c(N)nc2=O)C(OCCOC)[C@H]1O. The lowest BCUT2D eigenvalue weighted by atomic mass is 10.1. The molecule has 6 saturated heterocycles. The Labute approximate surface area is 811 Å². The van der Waals surface area contributed by atoms with Gasteiger partial charge in [0.25, 0.3) is 16.7 Å². The van der Waals surface area contributed by atoms with Crippen LogP contribution in [0.25, 0.3) is 22.3 Å². The third kappa shape index (κ3) is 25.8. The summed E-state index contributed by atoms with van der Waals surface area (Å²) in [6.07, 6.45) is -21.9. The van der Waals surface area contributed by atoms with E-state index in [2.05, 4.69) is 49.8 Å². The number of hydrogen-bond donors (Lipinski definition) is 12. The van der Waals surface area contributed by atoms with Crippen molar-refractivity contribution >= 4 is 132 Å². The zero-order valence-corrected chi connectivity index (χ0v) is 83.9. The average Bonchev–Trinajstić information content (AvgIpc) is 1.82. The molecule has 0 spiro atoms. The molecule has 56 nitrogen and oxygen atoms in total. The second-order valence-electron chi connectivity index (χ2n) is 32.1. The molecule has 15 N–H and O–H groups in total. The van der Waals surface area contributed by atoms with E-state index in [4.69, 9.17) is 188 Å². The van der Waals surface area contributed by atoms with E-state index in [1.54, 1.807) is 13.8 Å². The van der Waals surface area contributed by atoms with Gasteiger partial charge in [-0.15, -0.1) is 0 Å². The van der Waals surface area contributed by atoms with Crippen molar-refractivity contribution in [2.45, 2.75) is 189 Å². The number of H-pyrrole nitrogens is 3.